The molecule has 1 amide bonds. The predicted molar refractivity (Wildman–Crippen MR) is 137 cm³/mol. The number of carbonyl (C=O) groups excluding carboxylic acids is 1. The van der Waals surface area contributed by atoms with Crippen LogP contribution in [0.1, 0.15) is 32.9 Å². The molecule has 4 aromatic rings. The molecule has 172 valence electrons. The lowest BCUT2D eigenvalue weighted by Gasteiger charge is -2.17. The number of fused-ring (bicyclic) bond motifs is 1. The number of anilines is 1. The number of nitrogens with zero attached hydrogens (tertiary/aromatic N) is 2. The molecule has 0 bridgehead atoms. The van der Waals surface area contributed by atoms with Crippen LogP contribution in [0, 0.1) is 6.92 Å². The summed E-state index contributed by atoms with van der Waals surface area (Å²) in [6.07, 6.45) is 3.11. The van der Waals surface area contributed by atoms with E-state index in [4.69, 9.17) is 9.40 Å². The molecule has 0 unspecified atom stereocenters. The van der Waals surface area contributed by atoms with Crippen molar-refractivity contribution in [3.05, 3.63) is 101 Å². The van der Waals surface area contributed by atoms with E-state index in [9.17, 15) is 4.79 Å². The molecule has 34 heavy (non-hydrogen) atoms. The van der Waals surface area contributed by atoms with E-state index >= 15 is 0 Å². The zero-order chi connectivity index (χ0) is 23.5. The van der Waals surface area contributed by atoms with Crippen LogP contribution in [0.3, 0.4) is 0 Å². The Bertz CT molecular complexity index is 1300. The molecule has 0 saturated heterocycles. The van der Waals surface area contributed by atoms with E-state index < -0.39 is 0 Å². The molecular formula is C28H27N3O2S. The molecule has 3 aromatic carbocycles. The van der Waals surface area contributed by atoms with Crippen molar-refractivity contribution in [3.63, 3.8) is 0 Å². The fourth-order valence-electron chi connectivity index (χ4n) is 4.24. The van der Waals surface area contributed by atoms with Gasteiger partial charge in [0.15, 0.2) is 0 Å². The van der Waals surface area contributed by atoms with Crippen molar-refractivity contribution in [1.82, 2.24) is 10.3 Å². The highest BCUT2D eigenvalue weighted by Crippen LogP contribution is 2.30. The summed E-state index contributed by atoms with van der Waals surface area (Å²) < 4.78 is 5.98. The van der Waals surface area contributed by atoms with Gasteiger partial charge < -0.3 is 14.6 Å². The van der Waals surface area contributed by atoms with Crippen LogP contribution in [0.15, 0.2) is 82.1 Å². The zero-order valence-corrected chi connectivity index (χ0v) is 20.2. The number of hydrogen-bond acceptors (Lipinski definition) is 5. The van der Waals surface area contributed by atoms with Gasteiger partial charge in [0.1, 0.15) is 11.5 Å². The van der Waals surface area contributed by atoms with E-state index in [-0.39, 0.29) is 5.91 Å². The molecule has 1 aliphatic heterocycles. The van der Waals surface area contributed by atoms with Crippen molar-refractivity contribution in [2.75, 3.05) is 17.7 Å². The summed E-state index contributed by atoms with van der Waals surface area (Å²) in [4.78, 5) is 20.9. The third-order valence-electron chi connectivity index (χ3n) is 6.22. The molecule has 0 atom stereocenters. The Labute approximate surface area is 204 Å². The van der Waals surface area contributed by atoms with Gasteiger partial charge in [0.2, 0.25) is 5.89 Å². The Morgan fingerprint density at radius 3 is 2.59 bits per heavy atom. The van der Waals surface area contributed by atoms with Crippen molar-refractivity contribution < 1.29 is 9.21 Å². The van der Waals surface area contributed by atoms with Crippen LogP contribution in [0.5, 0.6) is 0 Å². The summed E-state index contributed by atoms with van der Waals surface area (Å²) in [5.74, 6) is 1.31. The molecular weight excluding hydrogens is 442 g/mol. The average Bonchev–Trinajstić information content (AvgIpc) is 3.46. The number of oxazole rings is 1. The van der Waals surface area contributed by atoms with Gasteiger partial charge in [0.25, 0.3) is 5.91 Å². The van der Waals surface area contributed by atoms with Crippen LogP contribution < -0.4 is 10.2 Å². The fraction of sp³-hybridized carbons (Fsp3) is 0.214. The van der Waals surface area contributed by atoms with Gasteiger partial charge in [0.05, 0.1) is 6.54 Å². The summed E-state index contributed by atoms with van der Waals surface area (Å²) in [5, 5.41) is 2.98. The van der Waals surface area contributed by atoms with Gasteiger partial charge in [-0.1, -0.05) is 30.3 Å². The molecule has 1 aliphatic rings. The van der Waals surface area contributed by atoms with Crippen molar-refractivity contribution in [1.29, 1.82) is 0 Å². The minimum atomic E-state index is -0.0996. The van der Waals surface area contributed by atoms with E-state index in [1.807, 2.05) is 49.6 Å². The second kappa shape index (κ2) is 9.77. The van der Waals surface area contributed by atoms with Crippen LogP contribution in [-0.4, -0.2) is 23.7 Å². The first-order valence-electron chi connectivity index (χ1n) is 11.4. The van der Waals surface area contributed by atoms with Gasteiger partial charge in [-0.25, -0.2) is 4.98 Å². The lowest BCUT2D eigenvalue weighted by molar-refractivity contribution is 0.0951. The summed E-state index contributed by atoms with van der Waals surface area (Å²) in [5.41, 5.74) is 6.16. The molecule has 6 heteroatoms. The number of hydrogen-bond donors (Lipinski definition) is 1. The number of rotatable bonds is 7. The second-order valence-electron chi connectivity index (χ2n) is 8.43. The van der Waals surface area contributed by atoms with Gasteiger partial charge in [0, 0.05) is 34.8 Å². The molecule has 1 N–H and O–H groups in total. The number of benzene rings is 3. The summed E-state index contributed by atoms with van der Waals surface area (Å²) in [7, 11) is 0. The van der Waals surface area contributed by atoms with Crippen molar-refractivity contribution in [2.45, 2.75) is 31.3 Å². The third kappa shape index (κ3) is 4.73. The van der Waals surface area contributed by atoms with Gasteiger partial charge in [-0.05, 0) is 73.2 Å². The summed E-state index contributed by atoms with van der Waals surface area (Å²) >= 11 is 1.70. The topological polar surface area (TPSA) is 58.4 Å². The Hall–Kier alpha value is -3.51. The Balaban J connectivity index is 1.23. The highest BCUT2D eigenvalue weighted by atomic mass is 32.2. The van der Waals surface area contributed by atoms with Crippen LogP contribution in [0.25, 0.3) is 11.5 Å². The summed E-state index contributed by atoms with van der Waals surface area (Å²) in [6, 6.07) is 24.2. The first-order chi connectivity index (χ1) is 16.6. The minimum absolute atomic E-state index is 0.0996. The largest absolute Gasteiger partial charge is 0.441 e. The molecule has 1 aromatic heterocycles. The first-order valence-corrected chi connectivity index (χ1v) is 12.6. The van der Waals surface area contributed by atoms with Gasteiger partial charge in [-0.15, -0.1) is 11.8 Å². The molecule has 0 fully saturated rings. The Kier molecular flexibility index (Phi) is 6.41. The summed E-state index contributed by atoms with van der Waals surface area (Å²) in [6.45, 7) is 4.18. The monoisotopic (exact) mass is 469 g/mol. The average molecular weight is 470 g/mol. The predicted octanol–water partition coefficient (Wildman–Crippen LogP) is 5.86. The Morgan fingerprint density at radius 1 is 1.06 bits per heavy atom. The van der Waals surface area contributed by atoms with E-state index in [1.165, 1.54) is 16.1 Å². The van der Waals surface area contributed by atoms with Crippen molar-refractivity contribution in [2.24, 2.45) is 0 Å². The molecule has 0 saturated carbocycles. The minimum Gasteiger partial charge on any atom is -0.441 e. The van der Waals surface area contributed by atoms with Gasteiger partial charge in [-0.3, -0.25) is 4.79 Å². The number of thioether (sulfide) groups is 1. The van der Waals surface area contributed by atoms with E-state index in [1.54, 1.807) is 11.8 Å². The van der Waals surface area contributed by atoms with Crippen molar-refractivity contribution >= 4 is 23.4 Å². The Morgan fingerprint density at radius 2 is 1.82 bits per heavy atom. The molecule has 0 spiro atoms. The molecule has 0 radical (unpaired) electrons. The maximum atomic E-state index is 12.6. The smallest absolute Gasteiger partial charge is 0.251 e. The first kappa shape index (κ1) is 22.3. The van der Waals surface area contributed by atoms with Crippen molar-refractivity contribution in [3.8, 4) is 11.5 Å². The lowest BCUT2D eigenvalue weighted by Crippen LogP contribution is -2.22. The zero-order valence-electron chi connectivity index (χ0n) is 19.4. The standard InChI is InChI=1S/C28H27N3O2S/c1-19-25(18-31-16-15-21-5-3-4-6-26(21)31)30-28(33-19)23-11-9-22(10-12-23)27(32)29-17-20-7-13-24(34-2)14-8-20/h3-14H,15-18H2,1-2H3,(H,29,32). The van der Waals surface area contributed by atoms with Gasteiger partial charge >= 0.3 is 0 Å². The maximum Gasteiger partial charge on any atom is 0.251 e. The van der Waals surface area contributed by atoms with E-state index in [0.717, 1.165) is 42.1 Å². The molecule has 0 aliphatic carbocycles. The maximum absolute atomic E-state index is 12.6. The van der Waals surface area contributed by atoms with Crippen LogP contribution in [-0.2, 0) is 19.5 Å². The third-order valence-corrected chi connectivity index (χ3v) is 6.97. The SMILES string of the molecule is CSc1ccc(CNC(=O)c2ccc(-c3nc(CN4CCc5ccccc54)c(C)o3)cc2)cc1. The van der Waals surface area contributed by atoms with E-state index in [2.05, 4.69) is 46.6 Å². The lowest BCUT2D eigenvalue weighted by atomic mass is 10.1. The number of para-hydroxylation sites is 1. The molecule has 5 nitrogen and oxygen atoms in total. The van der Waals surface area contributed by atoms with Crippen LogP contribution in [0.2, 0.25) is 0 Å². The van der Waals surface area contributed by atoms with Crippen LogP contribution in [0.4, 0.5) is 5.69 Å². The highest BCUT2D eigenvalue weighted by Gasteiger charge is 2.21. The highest BCUT2D eigenvalue weighted by molar-refractivity contribution is 7.98. The molecule has 5 rings (SSSR count). The van der Waals surface area contributed by atoms with Gasteiger partial charge in [-0.2, -0.15) is 0 Å². The second-order valence-corrected chi connectivity index (χ2v) is 9.31. The normalized spacial score (nSPS) is 12.6. The van der Waals surface area contributed by atoms with Crippen LogP contribution >= 0.6 is 11.8 Å². The number of aryl methyl sites for hydroxylation is 1. The quantitative estimate of drug-likeness (QED) is 0.343. The number of carbonyl (C=O) groups is 1. The van der Waals surface area contributed by atoms with E-state index in [0.29, 0.717) is 18.0 Å². The fourth-order valence-corrected chi connectivity index (χ4v) is 4.65. The number of aromatic nitrogens is 1. The number of amides is 1. The number of nitrogens with one attached hydrogen (secondary N) is 1. The molecule has 2 heterocycles.